The van der Waals surface area contributed by atoms with Gasteiger partial charge >= 0.3 is 6.18 Å². The molecule has 0 unspecified atom stereocenters. The van der Waals surface area contributed by atoms with Crippen LogP contribution in [0.4, 0.5) is 18.9 Å². The lowest BCUT2D eigenvalue weighted by molar-refractivity contribution is -0.138. The van der Waals surface area contributed by atoms with Gasteiger partial charge in [-0.05, 0) is 37.5 Å². The Hall–Kier alpha value is -1.92. The zero-order valence-corrected chi connectivity index (χ0v) is 11.2. The fourth-order valence-corrected chi connectivity index (χ4v) is 1.75. The summed E-state index contributed by atoms with van der Waals surface area (Å²) in [6, 6.07) is 4.18. The summed E-state index contributed by atoms with van der Waals surface area (Å²) >= 11 is 0. The number of hydrogen-bond acceptors (Lipinski definition) is 3. The minimum atomic E-state index is -4.34. The molecule has 0 fully saturated rings. The number of benzene rings is 1. The third kappa shape index (κ3) is 4.99. The monoisotopic (exact) mass is 289 g/mol. The van der Waals surface area contributed by atoms with E-state index in [0.29, 0.717) is 31.5 Å². The van der Waals surface area contributed by atoms with Crippen molar-refractivity contribution in [1.82, 2.24) is 0 Å². The Labute approximate surface area is 115 Å². The minimum absolute atomic E-state index is 0.152. The summed E-state index contributed by atoms with van der Waals surface area (Å²) in [5.41, 5.74) is 5.32. The maximum Gasteiger partial charge on any atom is 0.416 e. The van der Waals surface area contributed by atoms with Gasteiger partial charge < -0.3 is 16.3 Å². The van der Waals surface area contributed by atoms with Crippen LogP contribution in [-0.2, 0) is 6.18 Å². The molecule has 7 heteroatoms. The number of halogens is 3. The third-order valence-corrected chi connectivity index (χ3v) is 2.86. The Kier molecular flexibility index (Phi) is 5.66. The molecule has 0 atom stereocenters. The zero-order chi connectivity index (χ0) is 15.2. The van der Waals surface area contributed by atoms with Crippen LogP contribution < -0.4 is 11.1 Å². The van der Waals surface area contributed by atoms with E-state index < -0.39 is 11.7 Å². The van der Waals surface area contributed by atoms with Crippen LogP contribution in [0.15, 0.2) is 23.4 Å². The molecule has 0 aliphatic rings. The van der Waals surface area contributed by atoms with Gasteiger partial charge in [0, 0.05) is 18.7 Å². The molecule has 4 N–H and O–H groups in total. The Balaban J connectivity index is 2.49. The first-order valence-corrected chi connectivity index (χ1v) is 6.22. The highest BCUT2D eigenvalue weighted by Crippen LogP contribution is 2.33. The quantitative estimate of drug-likeness (QED) is 0.247. The van der Waals surface area contributed by atoms with Crippen LogP contribution in [0.2, 0.25) is 0 Å². The van der Waals surface area contributed by atoms with Crippen LogP contribution >= 0.6 is 0 Å². The van der Waals surface area contributed by atoms with E-state index in [1.165, 1.54) is 13.0 Å². The number of hydrogen-bond donors (Lipinski definition) is 3. The molecule has 0 heterocycles. The van der Waals surface area contributed by atoms with E-state index in [1.54, 1.807) is 6.07 Å². The first kappa shape index (κ1) is 16.1. The Morgan fingerprint density at radius 3 is 2.65 bits per heavy atom. The molecule has 20 heavy (non-hydrogen) atoms. The van der Waals surface area contributed by atoms with E-state index in [1.807, 2.05) is 0 Å². The van der Waals surface area contributed by atoms with E-state index in [0.717, 1.165) is 6.07 Å². The topological polar surface area (TPSA) is 70.6 Å². The molecule has 0 bridgehead atoms. The fraction of sp³-hybridized carbons (Fsp3) is 0.462. The van der Waals surface area contributed by atoms with E-state index >= 15 is 0 Å². The largest absolute Gasteiger partial charge is 0.416 e. The van der Waals surface area contributed by atoms with Crippen molar-refractivity contribution in [2.45, 2.75) is 32.4 Å². The summed E-state index contributed by atoms with van der Waals surface area (Å²) in [6.07, 6.45) is -2.47. The van der Waals surface area contributed by atoms with Crippen molar-refractivity contribution in [2.24, 2.45) is 10.9 Å². The molecule has 0 saturated heterocycles. The molecule has 0 aliphatic carbocycles. The highest BCUT2D eigenvalue weighted by atomic mass is 19.4. The van der Waals surface area contributed by atoms with Crippen LogP contribution in [0.1, 0.15) is 30.4 Å². The van der Waals surface area contributed by atoms with E-state index in [4.69, 9.17) is 10.9 Å². The summed E-state index contributed by atoms with van der Waals surface area (Å²) in [5.74, 6) is 0.152. The molecule has 4 nitrogen and oxygen atoms in total. The number of nitrogens with two attached hydrogens (primary N) is 1. The molecule has 1 aromatic rings. The number of unbranched alkanes of at least 4 members (excludes halogenated alkanes) is 1. The number of alkyl halides is 3. The van der Waals surface area contributed by atoms with Gasteiger partial charge in [-0.15, -0.1) is 0 Å². The van der Waals surface area contributed by atoms with Crippen molar-refractivity contribution in [1.29, 1.82) is 0 Å². The number of rotatable bonds is 6. The lowest BCUT2D eigenvalue weighted by Crippen LogP contribution is -2.12. The lowest BCUT2D eigenvalue weighted by Gasteiger charge is -2.13. The molecule has 0 aromatic heterocycles. The normalized spacial score (nSPS) is 12.5. The Morgan fingerprint density at radius 1 is 1.35 bits per heavy atom. The smallest absolute Gasteiger partial charge is 0.409 e. The van der Waals surface area contributed by atoms with Gasteiger partial charge in [-0.2, -0.15) is 13.2 Å². The van der Waals surface area contributed by atoms with Crippen LogP contribution in [0, 0.1) is 6.92 Å². The van der Waals surface area contributed by atoms with Gasteiger partial charge in [0.2, 0.25) is 0 Å². The Bertz CT molecular complexity index is 472. The summed E-state index contributed by atoms with van der Waals surface area (Å²) < 4.78 is 38.2. The SMILES string of the molecule is Cc1ccc(NCCCCC(N)=NO)cc1C(F)(F)F. The third-order valence-electron chi connectivity index (χ3n) is 2.86. The minimum Gasteiger partial charge on any atom is -0.409 e. The zero-order valence-electron chi connectivity index (χ0n) is 11.2. The molecule has 0 radical (unpaired) electrons. The standard InChI is InChI=1S/C13H18F3N3O/c1-9-5-6-10(8-11(9)13(14,15)16)18-7-3-2-4-12(17)19-20/h5-6,8,18,20H,2-4,7H2,1H3,(H2,17,19). The fourth-order valence-electron chi connectivity index (χ4n) is 1.75. The summed E-state index contributed by atoms with van der Waals surface area (Å²) in [7, 11) is 0. The van der Waals surface area contributed by atoms with Crippen LogP contribution in [0.5, 0.6) is 0 Å². The summed E-state index contributed by atoms with van der Waals surface area (Å²) in [4.78, 5) is 0. The maximum atomic E-state index is 12.7. The molecule has 1 aromatic carbocycles. The molecular formula is C13H18F3N3O. The highest BCUT2D eigenvalue weighted by molar-refractivity contribution is 5.79. The number of amidine groups is 1. The second-order valence-corrected chi connectivity index (χ2v) is 4.50. The highest BCUT2D eigenvalue weighted by Gasteiger charge is 2.32. The van der Waals surface area contributed by atoms with Gasteiger partial charge in [0.1, 0.15) is 5.84 Å². The van der Waals surface area contributed by atoms with Crippen molar-refractivity contribution in [3.8, 4) is 0 Å². The Morgan fingerprint density at radius 2 is 2.05 bits per heavy atom. The predicted octanol–water partition coefficient (Wildman–Crippen LogP) is 3.34. The average molecular weight is 289 g/mol. The van der Waals surface area contributed by atoms with Crippen LogP contribution in [-0.4, -0.2) is 17.6 Å². The van der Waals surface area contributed by atoms with Gasteiger partial charge in [-0.3, -0.25) is 0 Å². The lowest BCUT2D eigenvalue weighted by atomic mass is 10.1. The predicted molar refractivity (Wildman–Crippen MR) is 71.9 cm³/mol. The number of nitrogens with zero attached hydrogens (tertiary/aromatic N) is 1. The number of anilines is 1. The van der Waals surface area contributed by atoms with Gasteiger partial charge in [0.05, 0.1) is 5.56 Å². The van der Waals surface area contributed by atoms with Crippen molar-refractivity contribution in [3.63, 3.8) is 0 Å². The maximum absolute atomic E-state index is 12.7. The average Bonchev–Trinajstić information content (AvgIpc) is 2.38. The molecule has 112 valence electrons. The number of aryl methyl sites for hydroxylation is 1. The molecule has 1 rings (SSSR count). The van der Waals surface area contributed by atoms with Crippen molar-refractivity contribution >= 4 is 11.5 Å². The van der Waals surface area contributed by atoms with Crippen molar-refractivity contribution in [2.75, 3.05) is 11.9 Å². The van der Waals surface area contributed by atoms with Gasteiger partial charge in [-0.25, -0.2) is 0 Å². The molecule has 0 spiro atoms. The summed E-state index contributed by atoms with van der Waals surface area (Å²) in [6.45, 7) is 1.96. The second kappa shape index (κ2) is 7.02. The summed E-state index contributed by atoms with van der Waals surface area (Å²) in [5, 5.41) is 14.1. The first-order valence-electron chi connectivity index (χ1n) is 6.22. The van der Waals surface area contributed by atoms with E-state index in [2.05, 4.69) is 10.5 Å². The van der Waals surface area contributed by atoms with E-state index in [-0.39, 0.29) is 11.4 Å². The first-order chi connectivity index (χ1) is 9.34. The van der Waals surface area contributed by atoms with Crippen LogP contribution in [0.3, 0.4) is 0 Å². The number of oxime groups is 1. The molecule has 0 amide bonds. The number of nitrogens with one attached hydrogen (secondary N) is 1. The molecule has 0 aliphatic heterocycles. The van der Waals surface area contributed by atoms with E-state index in [9.17, 15) is 13.2 Å². The molecule has 0 saturated carbocycles. The van der Waals surface area contributed by atoms with Gasteiger partial charge in [0.15, 0.2) is 0 Å². The van der Waals surface area contributed by atoms with Crippen molar-refractivity contribution in [3.05, 3.63) is 29.3 Å². The van der Waals surface area contributed by atoms with Crippen molar-refractivity contribution < 1.29 is 18.4 Å². The van der Waals surface area contributed by atoms with Gasteiger partial charge in [0.25, 0.3) is 0 Å². The van der Waals surface area contributed by atoms with Gasteiger partial charge in [-0.1, -0.05) is 11.2 Å². The second-order valence-electron chi connectivity index (χ2n) is 4.50. The van der Waals surface area contributed by atoms with Crippen LogP contribution in [0.25, 0.3) is 0 Å². The molecular weight excluding hydrogens is 271 g/mol.